The molecule has 0 fully saturated rings. The summed E-state index contributed by atoms with van der Waals surface area (Å²) in [4.78, 5) is 34.8. The third-order valence-electron chi connectivity index (χ3n) is 4.76. The SMILES string of the molecule is CC(C)Oc1cccc(C(C)NC(=O)CCCn2c(=O)oc3cc([N+](=O)[O-])ccc32)c1. The van der Waals surface area contributed by atoms with E-state index in [4.69, 9.17) is 9.15 Å². The van der Waals surface area contributed by atoms with Crippen LogP contribution in [0.4, 0.5) is 5.69 Å². The molecule has 3 aromatic rings. The van der Waals surface area contributed by atoms with Crippen molar-refractivity contribution in [1.82, 2.24) is 9.88 Å². The number of benzene rings is 2. The minimum absolute atomic E-state index is 0.0636. The fraction of sp³-hybridized carbons (Fsp3) is 0.364. The molecule has 0 aliphatic rings. The Kier molecular flexibility index (Phi) is 6.74. The standard InChI is InChI=1S/C22H25N3O6/c1-14(2)30-18-7-4-6-16(12-18)15(3)23-21(26)8-5-11-24-19-10-9-17(25(28)29)13-20(19)31-22(24)27/h4,6-7,9-10,12-15H,5,8,11H2,1-3H3,(H,23,26). The normalized spacial score (nSPS) is 12.1. The largest absolute Gasteiger partial charge is 0.491 e. The molecule has 9 heteroatoms. The van der Waals surface area contributed by atoms with Crippen molar-refractivity contribution in [1.29, 1.82) is 0 Å². The van der Waals surface area contributed by atoms with Gasteiger partial charge in [0, 0.05) is 19.0 Å². The van der Waals surface area contributed by atoms with E-state index in [-0.39, 0.29) is 42.3 Å². The van der Waals surface area contributed by atoms with E-state index >= 15 is 0 Å². The maximum atomic E-state index is 12.4. The highest BCUT2D eigenvalue weighted by Crippen LogP contribution is 2.21. The molecule has 164 valence electrons. The van der Waals surface area contributed by atoms with Crippen LogP contribution in [0.2, 0.25) is 0 Å². The molecule has 0 aliphatic heterocycles. The molecule has 1 aromatic heterocycles. The van der Waals surface area contributed by atoms with Crippen molar-refractivity contribution in [2.24, 2.45) is 0 Å². The number of carbonyl (C=O) groups is 1. The molecule has 31 heavy (non-hydrogen) atoms. The lowest BCUT2D eigenvalue weighted by Crippen LogP contribution is -2.27. The van der Waals surface area contributed by atoms with Crippen LogP contribution in [0, 0.1) is 10.1 Å². The highest BCUT2D eigenvalue weighted by molar-refractivity contribution is 5.77. The number of aryl methyl sites for hydroxylation is 1. The van der Waals surface area contributed by atoms with Gasteiger partial charge in [-0.3, -0.25) is 19.5 Å². The van der Waals surface area contributed by atoms with Gasteiger partial charge in [-0.1, -0.05) is 12.1 Å². The van der Waals surface area contributed by atoms with Crippen LogP contribution in [0.25, 0.3) is 11.1 Å². The lowest BCUT2D eigenvalue weighted by molar-refractivity contribution is -0.384. The lowest BCUT2D eigenvalue weighted by atomic mass is 10.1. The number of ether oxygens (including phenoxy) is 1. The number of hydrogen-bond donors (Lipinski definition) is 1. The molecule has 0 saturated carbocycles. The Hall–Kier alpha value is -3.62. The van der Waals surface area contributed by atoms with Gasteiger partial charge >= 0.3 is 5.76 Å². The molecular weight excluding hydrogens is 402 g/mol. The van der Waals surface area contributed by atoms with Gasteiger partial charge in [0.05, 0.1) is 28.7 Å². The number of rotatable bonds is 9. The molecule has 0 spiro atoms. The Morgan fingerprint density at radius 1 is 1.23 bits per heavy atom. The Morgan fingerprint density at radius 3 is 2.71 bits per heavy atom. The van der Waals surface area contributed by atoms with E-state index < -0.39 is 10.7 Å². The van der Waals surface area contributed by atoms with Crippen molar-refractivity contribution < 1.29 is 18.9 Å². The zero-order chi connectivity index (χ0) is 22.5. The van der Waals surface area contributed by atoms with E-state index in [1.807, 2.05) is 45.0 Å². The second-order valence-electron chi connectivity index (χ2n) is 7.56. The second-order valence-corrected chi connectivity index (χ2v) is 7.56. The van der Waals surface area contributed by atoms with Gasteiger partial charge in [-0.2, -0.15) is 0 Å². The molecule has 0 saturated heterocycles. The topological polar surface area (TPSA) is 117 Å². The van der Waals surface area contributed by atoms with Gasteiger partial charge in [-0.25, -0.2) is 4.79 Å². The molecule has 1 unspecified atom stereocenters. The molecule has 0 bridgehead atoms. The molecule has 0 aliphatic carbocycles. The van der Waals surface area contributed by atoms with E-state index in [0.29, 0.717) is 11.9 Å². The third kappa shape index (κ3) is 5.50. The van der Waals surface area contributed by atoms with E-state index in [9.17, 15) is 19.7 Å². The number of oxazole rings is 1. The summed E-state index contributed by atoms with van der Waals surface area (Å²) in [6.45, 7) is 6.07. The van der Waals surface area contributed by atoms with Gasteiger partial charge < -0.3 is 14.5 Å². The minimum atomic E-state index is -0.605. The molecule has 9 nitrogen and oxygen atoms in total. The first kappa shape index (κ1) is 22.1. The van der Waals surface area contributed by atoms with Crippen LogP contribution in [-0.2, 0) is 11.3 Å². The van der Waals surface area contributed by atoms with Gasteiger partial charge in [0.25, 0.3) is 5.69 Å². The summed E-state index contributed by atoms with van der Waals surface area (Å²) in [6.07, 6.45) is 0.702. The maximum absolute atomic E-state index is 12.4. The van der Waals surface area contributed by atoms with Gasteiger partial charge in [-0.15, -0.1) is 0 Å². The van der Waals surface area contributed by atoms with E-state index in [1.54, 1.807) is 0 Å². The molecule has 3 rings (SSSR count). The van der Waals surface area contributed by atoms with Gasteiger partial charge in [0.15, 0.2) is 5.58 Å². The van der Waals surface area contributed by atoms with Crippen LogP contribution in [-0.4, -0.2) is 21.5 Å². The summed E-state index contributed by atoms with van der Waals surface area (Å²) < 4.78 is 12.2. The van der Waals surface area contributed by atoms with Gasteiger partial charge in [-0.05, 0) is 51.0 Å². The fourth-order valence-corrected chi connectivity index (χ4v) is 3.30. The van der Waals surface area contributed by atoms with E-state index in [2.05, 4.69) is 5.32 Å². The predicted molar refractivity (Wildman–Crippen MR) is 115 cm³/mol. The maximum Gasteiger partial charge on any atom is 0.419 e. The Labute approximate surface area is 178 Å². The smallest absolute Gasteiger partial charge is 0.419 e. The number of amides is 1. The number of carbonyl (C=O) groups excluding carboxylic acids is 1. The molecule has 0 radical (unpaired) electrons. The highest BCUT2D eigenvalue weighted by atomic mass is 16.6. The summed E-state index contributed by atoms with van der Waals surface area (Å²) in [7, 11) is 0. The van der Waals surface area contributed by atoms with Crippen LogP contribution in [0.3, 0.4) is 0 Å². The Morgan fingerprint density at radius 2 is 2.00 bits per heavy atom. The first-order chi connectivity index (χ1) is 14.7. The molecule has 1 atom stereocenters. The summed E-state index contributed by atoms with van der Waals surface area (Å²) in [5.41, 5.74) is 1.40. The van der Waals surface area contributed by atoms with Crippen molar-refractivity contribution in [3.8, 4) is 5.75 Å². The molecule has 1 N–H and O–H groups in total. The number of nitro groups is 1. The summed E-state index contributed by atoms with van der Waals surface area (Å²) in [5, 5.41) is 13.8. The zero-order valence-corrected chi connectivity index (χ0v) is 17.7. The van der Waals surface area contributed by atoms with Crippen LogP contribution < -0.4 is 15.8 Å². The van der Waals surface area contributed by atoms with Crippen LogP contribution >= 0.6 is 0 Å². The van der Waals surface area contributed by atoms with E-state index in [0.717, 1.165) is 11.3 Å². The van der Waals surface area contributed by atoms with E-state index in [1.165, 1.54) is 22.8 Å². The lowest BCUT2D eigenvalue weighted by Gasteiger charge is -2.16. The summed E-state index contributed by atoms with van der Waals surface area (Å²) in [5.74, 6) is 0.00505. The Balaban J connectivity index is 1.57. The minimum Gasteiger partial charge on any atom is -0.491 e. The number of non-ortho nitro benzene ring substituents is 1. The van der Waals surface area contributed by atoms with Gasteiger partial charge in [0.2, 0.25) is 5.91 Å². The molecular formula is C22H25N3O6. The van der Waals surface area contributed by atoms with Crippen LogP contribution in [0.5, 0.6) is 5.75 Å². The average Bonchev–Trinajstić information content (AvgIpc) is 3.02. The second kappa shape index (κ2) is 9.46. The molecule has 1 amide bonds. The number of nitrogens with zero attached hydrogens (tertiary/aromatic N) is 2. The number of nitro benzene ring substituents is 1. The van der Waals surface area contributed by atoms with Crippen molar-refractivity contribution in [3.05, 3.63) is 68.7 Å². The first-order valence-electron chi connectivity index (χ1n) is 10.1. The first-order valence-corrected chi connectivity index (χ1v) is 10.1. The Bertz CT molecular complexity index is 1150. The molecule has 2 aromatic carbocycles. The number of aromatic nitrogens is 1. The number of hydrogen-bond acceptors (Lipinski definition) is 6. The van der Waals surface area contributed by atoms with Crippen LogP contribution in [0.1, 0.15) is 45.2 Å². The monoisotopic (exact) mass is 427 g/mol. The number of nitrogens with one attached hydrogen (secondary N) is 1. The quantitative estimate of drug-likeness (QED) is 0.408. The fourth-order valence-electron chi connectivity index (χ4n) is 3.30. The van der Waals surface area contributed by atoms with Crippen molar-refractivity contribution in [3.63, 3.8) is 0 Å². The summed E-state index contributed by atoms with van der Waals surface area (Å²) >= 11 is 0. The van der Waals surface area contributed by atoms with Gasteiger partial charge in [0.1, 0.15) is 5.75 Å². The third-order valence-corrected chi connectivity index (χ3v) is 4.76. The average molecular weight is 427 g/mol. The zero-order valence-electron chi connectivity index (χ0n) is 17.7. The summed E-state index contributed by atoms with van der Waals surface area (Å²) in [6, 6.07) is 11.4. The number of fused-ring (bicyclic) bond motifs is 1. The van der Waals surface area contributed by atoms with Crippen molar-refractivity contribution >= 4 is 22.7 Å². The van der Waals surface area contributed by atoms with Crippen LogP contribution in [0.15, 0.2) is 51.7 Å². The van der Waals surface area contributed by atoms with Crippen molar-refractivity contribution in [2.75, 3.05) is 0 Å². The molecule has 1 heterocycles. The highest BCUT2D eigenvalue weighted by Gasteiger charge is 2.15. The predicted octanol–water partition coefficient (Wildman–Crippen LogP) is 3.95. The van der Waals surface area contributed by atoms with Crippen molar-refractivity contribution in [2.45, 2.75) is 52.3 Å².